The van der Waals surface area contributed by atoms with Crippen molar-refractivity contribution in [1.29, 1.82) is 0 Å². The Bertz CT molecular complexity index is 831. The molecule has 0 atom stereocenters. The number of hydrogen-bond donors (Lipinski definition) is 2. The zero-order valence-corrected chi connectivity index (χ0v) is 11.6. The Balaban J connectivity index is 2.04. The molecule has 1 aromatic heterocycles. The number of ether oxygens (including phenoxy) is 1. The number of fused-ring (bicyclic) bond motifs is 1. The second-order valence-corrected chi connectivity index (χ2v) is 4.71. The number of benzene rings is 2. The molecule has 0 amide bonds. The molecule has 110 valence electrons. The minimum absolute atomic E-state index is 0.133. The number of nitrogens with zero attached hydrogens (tertiary/aromatic N) is 1. The number of carbonyl (C=O) groups is 1. The van der Waals surface area contributed by atoms with Crippen LogP contribution in [0.1, 0.15) is 16.1 Å². The molecule has 3 rings (SSSR count). The summed E-state index contributed by atoms with van der Waals surface area (Å²) in [5.41, 5.74) is 0.169. The van der Waals surface area contributed by atoms with Crippen molar-refractivity contribution < 1.29 is 19.7 Å². The predicted octanol–water partition coefficient (Wildman–Crippen LogP) is 3.22. The highest BCUT2D eigenvalue weighted by Crippen LogP contribution is 2.28. The minimum Gasteiger partial charge on any atom is -0.477 e. The lowest BCUT2D eigenvalue weighted by Crippen LogP contribution is -2.06. The summed E-state index contributed by atoms with van der Waals surface area (Å²) in [5.74, 6) is 0.169. The number of aromatic nitrogens is 1. The molecule has 0 radical (unpaired) electrons. The Labute approximate surface area is 126 Å². The van der Waals surface area contributed by atoms with Gasteiger partial charge in [0.25, 0.3) is 0 Å². The average molecular weight is 295 g/mol. The molecule has 22 heavy (non-hydrogen) atoms. The summed E-state index contributed by atoms with van der Waals surface area (Å²) < 4.78 is 5.73. The SMILES string of the molecule is O=C(O)c1ncc2cc(Oc3ccccc3)ccc2c1CO. The van der Waals surface area contributed by atoms with Crippen LogP contribution < -0.4 is 4.74 Å². The van der Waals surface area contributed by atoms with Gasteiger partial charge in [-0.1, -0.05) is 24.3 Å². The molecule has 1 heterocycles. The quantitative estimate of drug-likeness (QED) is 0.772. The van der Waals surface area contributed by atoms with Crippen molar-refractivity contribution in [3.63, 3.8) is 0 Å². The maximum atomic E-state index is 11.1. The Hall–Kier alpha value is -2.92. The molecule has 0 unspecified atom stereocenters. The molecule has 0 saturated heterocycles. The van der Waals surface area contributed by atoms with Crippen molar-refractivity contribution in [3.05, 3.63) is 66.0 Å². The van der Waals surface area contributed by atoms with Crippen molar-refractivity contribution in [2.75, 3.05) is 0 Å². The highest BCUT2D eigenvalue weighted by atomic mass is 16.5. The number of aliphatic hydroxyl groups excluding tert-OH is 1. The highest BCUT2D eigenvalue weighted by Gasteiger charge is 2.14. The molecule has 2 N–H and O–H groups in total. The van der Waals surface area contributed by atoms with E-state index in [-0.39, 0.29) is 12.3 Å². The van der Waals surface area contributed by atoms with Gasteiger partial charge in [0, 0.05) is 17.1 Å². The van der Waals surface area contributed by atoms with Gasteiger partial charge in [0.1, 0.15) is 11.5 Å². The van der Waals surface area contributed by atoms with E-state index >= 15 is 0 Å². The summed E-state index contributed by atoms with van der Waals surface area (Å²) in [5, 5.41) is 19.9. The van der Waals surface area contributed by atoms with E-state index in [1.54, 1.807) is 18.2 Å². The van der Waals surface area contributed by atoms with E-state index in [2.05, 4.69) is 4.98 Å². The van der Waals surface area contributed by atoms with Gasteiger partial charge in [-0.2, -0.15) is 0 Å². The molecular weight excluding hydrogens is 282 g/mol. The molecule has 5 heteroatoms. The summed E-state index contributed by atoms with van der Waals surface area (Å²) in [6.07, 6.45) is 1.47. The predicted molar refractivity (Wildman–Crippen MR) is 81.1 cm³/mol. The number of carboxylic acids is 1. The molecule has 3 aromatic rings. The van der Waals surface area contributed by atoms with E-state index in [0.29, 0.717) is 27.8 Å². The normalized spacial score (nSPS) is 10.6. The van der Waals surface area contributed by atoms with Gasteiger partial charge >= 0.3 is 5.97 Å². The largest absolute Gasteiger partial charge is 0.477 e. The van der Waals surface area contributed by atoms with Crippen LogP contribution in [-0.2, 0) is 6.61 Å². The van der Waals surface area contributed by atoms with Crippen molar-refractivity contribution in [3.8, 4) is 11.5 Å². The van der Waals surface area contributed by atoms with E-state index < -0.39 is 5.97 Å². The first-order valence-electron chi connectivity index (χ1n) is 6.67. The third kappa shape index (κ3) is 2.62. The average Bonchev–Trinajstić information content (AvgIpc) is 2.54. The molecule has 0 aliphatic heterocycles. The summed E-state index contributed by atoms with van der Waals surface area (Å²) in [4.78, 5) is 15.0. The van der Waals surface area contributed by atoms with Crippen molar-refractivity contribution in [2.45, 2.75) is 6.61 Å². The fraction of sp³-hybridized carbons (Fsp3) is 0.0588. The molecule has 5 nitrogen and oxygen atoms in total. The van der Waals surface area contributed by atoms with Crippen LogP contribution in [0.25, 0.3) is 10.8 Å². The summed E-state index contributed by atoms with van der Waals surface area (Å²) in [7, 11) is 0. The molecule has 0 spiro atoms. The number of rotatable bonds is 4. The Kier molecular flexibility index (Phi) is 3.72. The van der Waals surface area contributed by atoms with Crippen LogP contribution in [0, 0.1) is 0 Å². The van der Waals surface area contributed by atoms with Crippen LogP contribution in [0.15, 0.2) is 54.7 Å². The second kappa shape index (κ2) is 5.83. The standard InChI is InChI=1S/C17H13NO4/c19-10-15-14-7-6-13(22-12-4-2-1-3-5-12)8-11(14)9-18-16(15)17(20)21/h1-9,19H,10H2,(H,20,21). The maximum Gasteiger partial charge on any atom is 0.354 e. The van der Waals surface area contributed by atoms with E-state index in [9.17, 15) is 9.90 Å². The lowest BCUT2D eigenvalue weighted by Gasteiger charge is -2.10. The first-order valence-corrected chi connectivity index (χ1v) is 6.67. The van der Waals surface area contributed by atoms with Gasteiger partial charge in [-0.3, -0.25) is 0 Å². The molecular formula is C17H13NO4. The first kappa shape index (κ1) is 14.0. The molecule has 0 aliphatic carbocycles. The van der Waals surface area contributed by atoms with Crippen LogP contribution >= 0.6 is 0 Å². The third-order valence-electron chi connectivity index (χ3n) is 3.31. The van der Waals surface area contributed by atoms with Crippen LogP contribution in [0.4, 0.5) is 0 Å². The van der Waals surface area contributed by atoms with Gasteiger partial charge in [0.05, 0.1) is 6.61 Å². The Morgan fingerprint density at radius 3 is 2.55 bits per heavy atom. The van der Waals surface area contributed by atoms with E-state index in [4.69, 9.17) is 9.84 Å². The lowest BCUT2D eigenvalue weighted by molar-refractivity contribution is 0.0687. The number of aromatic carboxylic acids is 1. The molecule has 0 bridgehead atoms. The second-order valence-electron chi connectivity index (χ2n) is 4.71. The number of para-hydroxylation sites is 1. The van der Waals surface area contributed by atoms with Crippen LogP contribution in [-0.4, -0.2) is 21.2 Å². The van der Waals surface area contributed by atoms with Crippen LogP contribution in [0.5, 0.6) is 11.5 Å². The van der Waals surface area contributed by atoms with Crippen molar-refractivity contribution in [1.82, 2.24) is 4.98 Å². The van der Waals surface area contributed by atoms with Crippen molar-refractivity contribution in [2.24, 2.45) is 0 Å². The minimum atomic E-state index is -1.16. The lowest BCUT2D eigenvalue weighted by atomic mass is 10.0. The van der Waals surface area contributed by atoms with Gasteiger partial charge in [-0.15, -0.1) is 0 Å². The van der Waals surface area contributed by atoms with E-state index in [1.807, 2.05) is 30.3 Å². The maximum absolute atomic E-state index is 11.1. The highest BCUT2D eigenvalue weighted by molar-refractivity contribution is 5.96. The molecule has 0 saturated carbocycles. The van der Waals surface area contributed by atoms with Crippen LogP contribution in [0.3, 0.4) is 0 Å². The zero-order valence-electron chi connectivity index (χ0n) is 11.6. The smallest absolute Gasteiger partial charge is 0.354 e. The third-order valence-corrected chi connectivity index (χ3v) is 3.31. The fourth-order valence-electron chi connectivity index (χ4n) is 2.29. The molecule has 2 aromatic carbocycles. The van der Waals surface area contributed by atoms with Gasteiger partial charge in [0.15, 0.2) is 5.69 Å². The number of pyridine rings is 1. The van der Waals surface area contributed by atoms with E-state index in [1.165, 1.54) is 6.20 Å². The fourth-order valence-corrected chi connectivity index (χ4v) is 2.29. The van der Waals surface area contributed by atoms with Gasteiger partial charge < -0.3 is 14.9 Å². The number of carboxylic acid groups (broad SMARTS) is 1. The van der Waals surface area contributed by atoms with Gasteiger partial charge in [0.2, 0.25) is 0 Å². The van der Waals surface area contributed by atoms with E-state index in [0.717, 1.165) is 0 Å². The first-order chi connectivity index (χ1) is 10.7. The topological polar surface area (TPSA) is 79.7 Å². The van der Waals surface area contributed by atoms with Crippen molar-refractivity contribution >= 4 is 16.7 Å². The monoisotopic (exact) mass is 295 g/mol. The zero-order chi connectivity index (χ0) is 15.5. The van der Waals surface area contributed by atoms with Gasteiger partial charge in [-0.05, 0) is 29.7 Å². The van der Waals surface area contributed by atoms with Crippen LogP contribution in [0.2, 0.25) is 0 Å². The molecule has 0 aliphatic rings. The van der Waals surface area contributed by atoms with Gasteiger partial charge in [-0.25, -0.2) is 9.78 Å². The summed E-state index contributed by atoms with van der Waals surface area (Å²) >= 11 is 0. The summed E-state index contributed by atoms with van der Waals surface area (Å²) in [6, 6.07) is 14.6. The summed E-state index contributed by atoms with van der Waals surface area (Å²) in [6.45, 7) is -0.384. The molecule has 0 fully saturated rings. The number of aliphatic hydroxyl groups is 1. The Morgan fingerprint density at radius 2 is 1.86 bits per heavy atom. The Morgan fingerprint density at radius 1 is 1.09 bits per heavy atom. The number of hydrogen-bond acceptors (Lipinski definition) is 4.